The van der Waals surface area contributed by atoms with Crippen molar-refractivity contribution in [1.82, 2.24) is 4.90 Å². The highest BCUT2D eigenvalue weighted by Gasteiger charge is 2.30. The Balaban J connectivity index is 2.14. The highest BCUT2D eigenvalue weighted by Crippen LogP contribution is 2.49. The van der Waals surface area contributed by atoms with E-state index in [-0.39, 0.29) is 16.7 Å². The van der Waals surface area contributed by atoms with Crippen molar-refractivity contribution >= 4 is 34.5 Å². The maximum atomic E-state index is 11.6. The quantitative estimate of drug-likeness (QED) is 0.629. The van der Waals surface area contributed by atoms with Gasteiger partial charge in [0.25, 0.3) is 0 Å². The zero-order chi connectivity index (χ0) is 16.7. The Labute approximate surface area is 139 Å². The molecule has 1 heterocycles. The molecule has 0 spiro atoms. The van der Waals surface area contributed by atoms with Gasteiger partial charge in [0.1, 0.15) is 10.6 Å². The average molecular weight is 330 g/mol. The Hall–Kier alpha value is -2.12. The highest BCUT2D eigenvalue weighted by atomic mass is 32.2. The maximum Gasteiger partial charge on any atom is 0.308 e. The summed E-state index contributed by atoms with van der Waals surface area (Å²) in [6.45, 7) is 0. The average Bonchev–Trinajstić information content (AvgIpc) is 2.50. The molecule has 1 unspecified atom stereocenters. The van der Waals surface area contributed by atoms with Gasteiger partial charge in [-0.1, -0.05) is 17.8 Å². The second kappa shape index (κ2) is 5.82. The van der Waals surface area contributed by atoms with Crippen molar-refractivity contribution < 1.29 is 4.92 Å². The minimum absolute atomic E-state index is 0.122. The number of benzene rings is 1. The van der Waals surface area contributed by atoms with Crippen LogP contribution in [0.5, 0.6) is 0 Å². The number of rotatable bonds is 3. The Bertz CT molecular complexity index is 766. The van der Waals surface area contributed by atoms with Gasteiger partial charge in [0.15, 0.2) is 0 Å². The van der Waals surface area contributed by atoms with Crippen molar-refractivity contribution in [2.24, 2.45) is 4.99 Å². The minimum Gasteiger partial charge on any atom is -0.372 e. The Morgan fingerprint density at radius 2 is 2.00 bits per heavy atom. The number of nitro groups is 1. The van der Waals surface area contributed by atoms with Gasteiger partial charge in [-0.2, -0.15) is 0 Å². The molecule has 3 rings (SSSR count). The summed E-state index contributed by atoms with van der Waals surface area (Å²) >= 11 is 1.43. The molecule has 0 amide bonds. The van der Waals surface area contributed by atoms with Crippen LogP contribution in [-0.2, 0) is 0 Å². The second-order valence-electron chi connectivity index (χ2n) is 5.88. The lowest BCUT2D eigenvalue weighted by atomic mass is 10.1. The van der Waals surface area contributed by atoms with Crippen molar-refractivity contribution in [2.45, 2.75) is 10.9 Å². The van der Waals surface area contributed by atoms with Crippen molar-refractivity contribution in [1.29, 1.82) is 0 Å². The zero-order valence-corrected chi connectivity index (χ0v) is 14.3. The zero-order valence-electron chi connectivity index (χ0n) is 13.5. The predicted octanol–water partition coefficient (Wildman–Crippen LogP) is 3.22. The first-order chi connectivity index (χ1) is 10.9. The first-order valence-corrected chi connectivity index (χ1v) is 8.02. The molecule has 1 aliphatic heterocycles. The summed E-state index contributed by atoms with van der Waals surface area (Å²) < 4.78 is 0. The van der Waals surface area contributed by atoms with Gasteiger partial charge in [-0.05, 0) is 38.4 Å². The third kappa shape index (κ3) is 2.77. The van der Waals surface area contributed by atoms with E-state index in [0.717, 1.165) is 10.6 Å². The van der Waals surface area contributed by atoms with Crippen LogP contribution in [-0.4, -0.2) is 49.8 Å². The SMILES string of the molecule is CN(C)c1ccc2c(c1[N+](=O)[O-])SC1=CC(N(C)C)C=CC1=N2. The molecule has 1 aromatic rings. The molecular weight excluding hydrogens is 312 g/mol. The molecule has 0 N–H and O–H groups in total. The second-order valence-corrected chi connectivity index (χ2v) is 6.93. The molecule has 0 fully saturated rings. The van der Waals surface area contributed by atoms with E-state index in [1.807, 2.05) is 40.3 Å². The van der Waals surface area contributed by atoms with Crippen molar-refractivity contribution in [3.8, 4) is 0 Å². The predicted molar refractivity (Wildman–Crippen MR) is 95.1 cm³/mol. The number of anilines is 1. The van der Waals surface area contributed by atoms with Crippen LogP contribution < -0.4 is 4.90 Å². The first kappa shape index (κ1) is 15.8. The van der Waals surface area contributed by atoms with E-state index in [9.17, 15) is 10.1 Å². The van der Waals surface area contributed by atoms with Crippen LogP contribution in [0.3, 0.4) is 0 Å². The minimum atomic E-state index is -0.315. The number of nitrogens with zero attached hydrogens (tertiary/aromatic N) is 4. The molecule has 23 heavy (non-hydrogen) atoms. The number of hydrogen-bond acceptors (Lipinski definition) is 6. The number of allylic oxidation sites excluding steroid dienone is 2. The van der Waals surface area contributed by atoms with Gasteiger partial charge in [0.2, 0.25) is 0 Å². The van der Waals surface area contributed by atoms with Crippen LogP contribution >= 0.6 is 11.8 Å². The Kier molecular flexibility index (Phi) is 3.99. The molecule has 0 bridgehead atoms. The van der Waals surface area contributed by atoms with Crippen molar-refractivity contribution in [3.05, 3.63) is 45.4 Å². The smallest absolute Gasteiger partial charge is 0.308 e. The number of thioether (sulfide) groups is 1. The summed E-state index contributed by atoms with van der Waals surface area (Å²) in [6, 6.07) is 3.78. The van der Waals surface area contributed by atoms with Crippen LogP contribution in [0.25, 0.3) is 0 Å². The molecule has 7 heteroatoms. The van der Waals surface area contributed by atoms with E-state index in [1.165, 1.54) is 11.8 Å². The summed E-state index contributed by atoms with van der Waals surface area (Å²) in [5.74, 6) is 0. The third-order valence-electron chi connectivity index (χ3n) is 3.83. The van der Waals surface area contributed by atoms with Crippen LogP contribution in [0.15, 0.2) is 45.2 Å². The number of fused-ring (bicyclic) bond motifs is 2. The molecule has 0 aromatic heterocycles. The van der Waals surface area contributed by atoms with Crippen LogP contribution in [0.1, 0.15) is 0 Å². The summed E-state index contributed by atoms with van der Waals surface area (Å²) in [6.07, 6.45) is 6.16. The first-order valence-electron chi connectivity index (χ1n) is 7.20. The maximum absolute atomic E-state index is 11.6. The van der Waals surface area contributed by atoms with Crippen LogP contribution in [0.2, 0.25) is 0 Å². The van der Waals surface area contributed by atoms with Crippen molar-refractivity contribution in [3.63, 3.8) is 0 Å². The van der Waals surface area contributed by atoms with E-state index in [0.29, 0.717) is 16.3 Å². The fourth-order valence-electron chi connectivity index (χ4n) is 2.58. The normalized spacial score (nSPS) is 18.9. The Morgan fingerprint density at radius 3 is 2.61 bits per heavy atom. The summed E-state index contributed by atoms with van der Waals surface area (Å²) in [5.41, 5.74) is 2.24. The van der Waals surface area contributed by atoms with E-state index in [1.54, 1.807) is 11.0 Å². The van der Waals surface area contributed by atoms with Crippen molar-refractivity contribution in [2.75, 3.05) is 33.1 Å². The van der Waals surface area contributed by atoms with E-state index >= 15 is 0 Å². The molecule has 6 nitrogen and oxygen atoms in total. The number of hydrogen-bond donors (Lipinski definition) is 0. The standard InChI is InChI=1S/C16H18N4O2S/c1-18(2)10-5-6-11-14(9-10)23-16-12(17-11)7-8-13(19(3)4)15(16)20(21)22/h5-10H,1-4H3. The molecule has 1 aromatic carbocycles. The third-order valence-corrected chi connectivity index (χ3v) is 5.00. The molecule has 1 aliphatic carbocycles. The fraction of sp³-hybridized carbons (Fsp3) is 0.312. The lowest BCUT2D eigenvalue weighted by molar-refractivity contribution is -0.386. The van der Waals surface area contributed by atoms with E-state index in [4.69, 9.17) is 0 Å². The molecule has 1 atom stereocenters. The largest absolute Gasteiger partial charge is 0.372 e. The van der Waals surface area contributed by atoms with Gasteiger partial charge < -0.3 is 4.90 Å². The van der Waals surface area contributed by atoms with Gasteiger partial charge >= 0.3 is 5.69 Å². The number of likely N-dealkylation sites (N-methyl/N-ethyl adjacent to an activating group) is 1. The van der Waals surface area contributed by atoms with Gasteiger partial charge in [-0.15, -0.1) is 0 Å². The van der Waals surface area contributed by atoms with Crippen LogP contribution in [0.4, 0.5) is 17.1 Å². The van der Waals surface area contributed by atoms with Gasteiger partial charge in [-0.25, -0.2) is 4.99 Å². The summed E-state index contributed by atoms with van der Waals surface area (Å²) in [4.78, 5) is 21.3. The Morgan fingerprint density at radius 1 is 1.26 bits per heavy atom. The molecule has 0 radical (unpaired) electrons. The topological polar surface area (TPSA) is 62.0 Å². The summed E-state index contributed by atoms with van der Waals surface area (Å²) in [5, 5.41) is 11.6. The molecule has 0 saturated heterocycles. The number of nitro benzene ring substituents is 1. The number of aliphatic imine (C=N–C) groups is 1. The van der Waals surface area contributed by atoms with E-state index < -0.39 is 0 Å². The lowest BCUT2D eigenvalue weighted by Crippen LogP contribution is -2.27. The lowest BCUT2D eigenvalue weighted by Gasteiger charge is -2.25. The molecule has 0 saturated carbocycles. The van der Waals surface area contributed by atoms with Gasteiger partial charge in [0, 0.05) is 25.0 Å². The highest BCUT2D eigenvalue weighted by molar-refractivity contribution is 8.04. The van der Waals surface area contributed by atoms with E-state index in [2.05, 4.69) is 22.0 Å². The fourth-order valence-corrected chi connectivity index (χ4v) is 3.72. The summed E-state index contributed by atoms with van der Waals surface area (Å²) in [7, 11) is 7.62. The van der Waals surface area contributed by atoms with Crippen LogP contribution in [0, 0.1) is 10.1 Å². The molecule has 2 aliphatic rings. The van der Waals surface area contributed by atoms with Gasteiger partial charge in [0.05, 0.1) is 16.3 Å². The molecule has 120 valence electrons. The van der Waals surface area contributed by atoms with Gasteiger partial charge in [-0.3, -0.25) is 15.0 Å². The molecular formula is C16H18N4O2S. The monoisotopic (exact) mass is 330 g/mol.